The molecule has 0 radical (unpaired) electrons. The van der Waals surface area contributed by atoms with E-state index in [2.05, 4.69) is 5.32 Å². The van der Waals surface area contributed by atoms with Gasteiger partial charge in [-0.25, -0.2) is 4.79 Å². The summed E-state index contributed by atoms with van der Waals surface area (Å²) in [6.45, 7) is 5.01. The molecule has 0 unspecified atom stereocenters. The van der Waals surface area contributed by atoms with Gasteiger partial charge in [-0.05, 0) is 44.4 Å². The highest BCUT2D eigenvalue weighted by Crippen LogP contribution is 2.26. The van der Waals surface area contributed by atoms with Crippen molar-refractivity contribution in [3.63, 3.8) is 0 Å². The van der Waals surface area contributed by atoms with E-state index in [9.17, 15) is 9.90 Å². The lowest BCUT2D eigenvalue weighted by atomic mass is 9.94. The van der Waals surface area contributed by atoms with E-state index in [0.717, 1.165) is 24.9 Å². The summed E-state index contributed by atoms with van der Waals surface area (Å²) in [6, 6.07) is 5.09. The molecule has 0 saturated carbocycles. The zero-order valence-corrected chi connectivity index (χ0v) is 14.4. The second-order valence-electron chi connectivity index (χ2n) is 5.93. The second kappa shape index (κ2) is 7.53. The molecule has 0 aromatic heterocycles. The zero-order chi connectivity index (χ0) is 16.3. The van der Waals surface area contributed by atoms with Gasteiger partial charge < -0.3 is 15.3 Å². The van der Waals surface area contributed by atoms with Crippen LogP contribution in [0.4, 0.5) is 4.79 Å². The van der Waals surface area contributed by atoms with Crippen molar-refractivity contribution in [3.8, 4) is 0 Å². The smallest absolute Gasteiger partial charge is 0.317 e. The zero-order valence-electron chi connectivity index (χ0n) is 12.9. The molecular weight excluding hydrogens is 323 g/mol. The molecular formula is C16H22Cl2N2O2. The second-order valence-corrected chi connectivity index (χ2v) is 6.75. The van der Waals surface area contributed by atoms with Gasteiger partial charge in [0, 0.05) is 19.0 Å². The first-order valence-electron chi connectivity index (χ1n) is 7.57. The van der Waals surface area contributed by atoms with Crippen LogP contribution in [0.5, 0.6) is 0 Å². The molecule has 1 aromatic rings. The topological polar surface area (TPSA) is 52.6 Å². The molecule has 1 fully saturated rings. The maximum atomic E-state index is 12.4. The third-order valence-corrected chi connectivity index (χ3v) is 4.95. The van der Waals surface area contributed by atoms with Crippen LogP contribution in [0.3, 0.4) is 0 Å². The summed E-state index contributed by atoms with van der Waals surface area (Å²) < 4.78 is 0. The Hall–Kier alpha value is -0.970. The lowest BCUT2D eigenvalue weighted by Gasteiger charge is -2.34. The number of nitrogens with one attached hydrogen (secondary N) is 1. The summed E-state index contributed by atoms with van der Waals surface area (Å²) in [4.78, 5) is 14.1. The van der Waals surface area contributed by atoms with Gasteiger partial charge in [-0.2, -0.15) is 0 Å². The number of rotatable bonds is 3. The number of benzene rings is 1. The minimum atomic E-state index is -0.386. The summed E-state index contributed by atoms with van der Waals surface area (Å²) in [5.41, 5.74) is 0.909. The fraction of sp³-hybridized carbons (Fsp3) is 0.562. The number of urea groups is 1. The van der Waals surface area contributed by atoms with Crippen LogP contribution in [0, 0.1) is 5.92 Å². The molecule has 1 aromatic carbocycles. The minimum absolute atomic E-state index is 0.107. The highest BCUT2D eigenvalue weighted by atomic mass is 35.5. The molecule has 1 saturated heterocycles. The maximum absolute atomic E-state index is 12.4. The molecule has 4 nitrogen and oxygen atoms in total. The van der Waals surface area contributed by atoms with Gasteiger partial charge in [0.15, 0.2) is 0 Å². The van der Waals surface area contributed by atoms with Crippen molar-refractivity contribution in [2.24, 2.45) is 5.92 Å². The predicted molar refractivity (Wildman–Crippen MR) is 89.4 cm³/mol. The Morgan fingerprint density at radius 2 is 2.09 bits per heavy atom. The summed E-state index contributed by atoms with van der Waals surface area (Å²) in [7, 11) is 0. The highest BCUT2D eigenvalue weighted by molar-refractivity contribution is 6.42. The van der Waals surface area contributed by atoms with E-state index < -0.39 is 0 Å². The SMILES string of the molecule is C[C@H](NC(=O)N1CCC[C@@H]([C@@H](C)O)C1)c1ccc(Cl)c(Cl)c1. The van der Waals surface area contributed by atoms with Crippen molar-refractivity contribution in [2.75, 3.05) is 13.1 Å². The molecule has 1 heterocycles. The summed E-state index contributed by atoms with van der Waals surface area (Å²) >= 11 is 11.9. The number of aliphatic hydroxyl groups excluding tert-OH is 1. The molecule has 0 aliphatic carbocycles. The van der Waals surface area contributed by atoms with Crippen molar-refractivity contribution < 1.29 is 9.90 Å². The van der Waals surface area contributed by atoms with Crippen molar-refractivity contribution in [1.29, 1.82) is 0 Å². The van der Waals surface area contributed by atoms with Gasteiger partial charge in [0.1, 0.15) is 0 Å². The number of hydrogen-bond acceptors (Lipinski definition) is 2. The van der Waals surface area contributed by atoms with Gasteiger partial charge >= 0.3 is 6.03 Å². The average Bonchev–Trinajstić information content (AvgIpc) is 2.50. The first-order valence-corrected chi connectivity index (χ1v) is 8.32. The maximum Gasteiger partial charge on any atom is 0.317 e. The number of piperidine rings is 1. The molecule has 122 valence electrons. The molecule has 1 aliphatic heterocycles. The highest BCUT2D eigenvalue weighted by Gasteiger charge is 2.27. The van der Waals surface area contributed by atoms with Crippen LogP contribution in [0.25, 0.3) is 0 Å². The lowest BCUT2D eigenvalue weighted by molar-refractivity contribution is 0.0734. The molecule has 2 amide bonds. The van der Waals surface area contributed by atoms with Gasteiger partial charge in [-0.1, -0.05) is 29.3 Å². The Balaban J connectivity index is 1.97. The third-order valence-electron chi connectivity index (χ3n) is 4.21. The van der Waals surface area contributed by atoms with Crippen LogP contribution in [0.15, 0.2) is 18.2 Å². The van der Waals surface area contributed by atoms with Gasteiger partial charge in [-0.3, -0.25) is 0 Å². The number of carbonyl (C=O) groups excluding carboxylic acids is 1. The lowest BCUT2D eigenvalue weighted by Crippen LogP contribution is -2.47. The first kappa shape index (κ1) is 17.4. The Morgan fingerprint density at radius 1 is 1.36 bits per heavy atom. The van der Waals surface area contributed by atoms with E-state index in [0.29, 0.717) is 16.6 Å². The largest absolute Gasteiger partial charge is 0.393 e. The summed E-state index contributed by atoms with van der Waals surface area (Å²) in [5.74, 6) is 0.153. The number of likely N-dealkylation sites (tertiary alicyclic amines) is 1. The van der Waals surface area contributed by atoms with E-state index in [1.807, 2.05) is 13.0 Å². The van der Waals surface area contributed by atoms with E-state index >= 15 is 0 Å². The van der Waals surface area contributed by atoms with Gasteiger partial charge in [-0.15, -0.1) is 0 Å². The number of amides is 2. The molecule has 0 spiro atoms. The van der Waals surface area contributed by atoms with E-state index in [-0.39, 0.29) is 24.1 Å². The Kier molecular flexibility index (Phi) is 5.95. The van der Waals surface area contributed by atoms with Gasteiger partial charge in [0.05, 0.1) is 22.2 Å². The van der Waals surface area contributed by atoms with Gasteiger partial charge in [0.25, 0.3) is 0 Å². The number of carbonyl (C=O) groups is 1. The number of nitrogens with zero attached hydrogens (tertiary/aromatic N) is 1. The Bertz CT molecular complexity index is 537. The van der Waals surface area contributed by atoms with Crippen LogP contribution in [-0.4, -0.2) is 35.2 Å². The fourth-order valence-electron chi connectivity index (χ4n) is 2.73. The number of aliphatic hydroxyl groups is 1. The molecule has 2 rings (SSSR count). The molecule has 0 bridgehead atoms. The van der Waals surface area contributed by atoms with E-state index in [1.54, 1.807) is 24.0 Å². The first-order chi connectivity index (χ1) is 10.4. The molecule has 2 N–H and O–H groups in total. The van der Waals surface area contributed by atoms with Crippen LogP contribution in [0.2, 0.25) is 10.0 Å². The molecule has 1 aliphatic rings. The molecule has 22 heavy (non-hydrogen) atoms. The van der Waals surface area contributed by atoms with Crippen molar-refractivity contribution in [3.05, 3.63) is 33.8 Å². The summed E-state index contributed by atoms with van der Waals surface area (Å²) in [6.07, 6.45) is 1.50. The monoisotopic (exact) mass is 344 g/mol. The van der Waals surface area contributed by atoms with Crippen LogP contribution in [0.1, 0.15) is 38.3 Å². The van der Waals surface area contributed by atoms with Crippen molar-refractivity contribution in [2.45, 2.75) is 38.8 Å². The molecule has 3 atom stereocenters. The normalized spacial score (nSPS) is 21.3. The Morgan fingerprint density at radius 3 is 2.73 bits per heavy atom. The summed E-state index contributed by atoms with van der Waals surface area (Å²) in [5, 5.41) is 13.7. The van der Waals surface area contributed by atoms with Crippen LogP contribution < -0.4 is 5.32 Å². The Labute approximate surface area is 141 Å². The minimum Gasteiger partial charge on any atom is -0.393 e. The number of halogens is 2. The molecule has 6 heteroatoms. The standard InChI is InChI=1S/C16H22Cl2N2O2/c1-10(12-5-6-14(17)15(18)8-12)19-16(22)20-7-3-4-13(9-20)11(2)21/h5-6,8,10-11,13,21H,3-4,7,9H2,1-2H3,(H,19,22)/t10-,11+,13+/m0/s1. The average molecular weight is 345 g/mol. The quantitative estimate of drug-likeness (QED) is 0.874. The van der Waals surface area contributed by atoms with E-state index in [4.69, 9.17) is 23.2 Å². The van der Waals surface area contributed by atoms with Gasteiger partial charge in [0.2, 0.25) is 0 Å². The third kappa shape index (κ3) is 4.28. The fourth-order valence-corrected chi connectivity index (χ4v) is 3.04. The van der Waals surface area contributed by atoms with Crippen molar-refractivity contribution in [1.82, 2.24) is 10.2 Å². The van der Waals surface area contributed by atoms with Crippen molar-refractivity contribution >= 4 is 29.2 Å². The predicted octanol–water partition coefficient (Wildman–Crippen LogP) is 3.86. The van der Waals surface area contributed by atoms with Crippen LogP contribution in [-0.2, 0) is 0 Å². The van der Waals surface area contributed by atoms with Crippen LogP contribution >= 0.6 is 23.2 Å². The van der Waals surface area contributed by atoms with E-state index in [1.165, 1.54) is 0 Å². The number of hydrogen-bond donors (Lipinski definition) is 2.